The van der Waals surface area contributed by atoms with Gasteiger partial charge >= 0.3 is 0 Å². The summed E-state index contributed by atoms with van der Waals surface area (Å²) in [6, 6.07) is 78.1. The van der Waals surface area contributed by atoms with E-state index < -0.39 is 0 Å². The largest absolute Gasteiger partial charge is 0.435 e. The highest BCUT2D eigenvalue weighted by Crippen LogP contribution is 2.44. The third-order valence-corrected chi connectivity index (χ3v) is 12.5. The zero-order valence-corrected chi connectivity index (χ0v) is 33.5. The van der Waals surface area contributed by atoms with Crippen molar-refractivity contribution < 1.29 is 4.42 Å². The van der Waals surface area contributed by atoms with Gasteiger partial charge in [-0.1, -0.05) is 127 Å². The topological polar surface area (TPSA) is 39.1 Å². The molecular weight excluding hydrogens is 757 g/mol. The predicted molar refractivity (Wildman–Crippen MR) is 258 cm³/mol. The highest BCUT2D eigenvalue weighted by molar-refractivity contribution is 6.19. The number of aromatic nitrogens is 3. The van der Waals surface area contributed by atoms with Crippen molar-refractivity contribution in [2.45, 2.75) is 0 Å². The summed E-state index contributed by atoms with van der Waals surface area (Å²) in [4.78, 5) is 7.32. The summed E-state index contributed by atoms with van der Waals surface area (Å²) in [5.41, 5.74) is 12.7. The summed E-state index contributed by atoms with van der Waals surface area (Å²) in [6.07, 6.45) is 0. The molecule has 62 heavy (non-hydrogen) atoms. The maximum Gasteiger partial charge on any atom is 0.227 e. The van der Waals surface area contributed by atoms with Gasteiger partial charge in [-0.2, -0.15) is 0 Å². The second kappa shape index (κ2) is 13.6. The molecule has 0 radical (unpaired) electrons. The van der Waals surface area contributed by atoms with Crippen LogP contribution in [0.4, 0.5) is 17.1 Å². The van der Waals surface area contributed by atoms with Crippen LogP contribution in [0, 0.1) is 0 Å². The fourth-order valence-corrected chi connectivity index (χ4v) is 9.78. The Morgan fingerprint density at radius 2 is 1.00 bits per heavy atom. The molecule has 10 aromatic carbocycles. The highest BCUT2D eigenvalue weighted by atomic mass is 16.3. The number of rotatable bonds is 6. The van der Waals surface area contributed by atoms with E-state index in [0.29, 0.717) is 5.89 Å². The molecule has 0 saturated heterocycles. The molecule has 13 aromatic rings. The van der Waals surface area contributed by atoms with Crippen molar-refractivity contribution in [3.05, 3.63) is 218 Å². The molecule has 290 valence electrons. The third kappa shape index (κ3) is 5.18. The maximum atomic E-state index is 6.63. The Hall–Kier alpha value is -8.41. The average Bonchev–Trinajstić information content (AvgIpc) is 4.03. The summed E-state index contributed by atoms with van der Waals surface area (Å²) in [6.45, 7) is 0. The van der Waals surface area contributed by atoms with Gasteiger partial charge in [0.15, 0.2) is 5.58 Å². The van der Waals surface area contributed by atoms with E-state index in [2.05, 4.69) is 202 Å². The van der Waals surface area contributed by atoms with Crippen LogP contribution in [0.25, 0.3) is 99.1 Å². The van der Waals surface area contributed by atoms with E-state index in [1.54, 1.807) is 0 Å². The first-order valence-electron chi connectivity index (χ1n) is 21.0. The lowest BCUT2D eigenvalue weighted by Crippen LogP contribution is -2.10. The molecule has 0 N–H and O–H groups in total. The minimum absolute atomic E-state index is 0.621. The molecule has 0 saturated carbocycles. The number of benzene rings is 10. The van der Waals surface area contributed by atoms with Crippen molar-refractivity contribution in [2.24, 2.45) is 0 Å². The summed E-state index contributed by atoms with van der Waals surface area (Å²) >= 11 is 0. The Balaban J connectivity index is 1.06. The molecule has 13 rings (SSSR count). The zero-order chi connectivity index (χ0) is 40.7. The number of para-hydroxylation sites is 4. The van der Waals surface area contributed by atoms with Crippen molar-refractivity contribution in [3.8, 4) is 22.8 Å². The number of anilines is 3. The Morgan fingerprint density at radius 3 is 1.82 bits per heavy atom. The quantitative estimate of drug-likeness (QED) is 0.157. The van der Waals surface area contributed by atoms with E-state index in [1.807, 2.05) is 30.3 Å². The minimum atomic E-state index is 0.621. The minimum Gasteiger partial charge on any atom is -0.435 e. The number of oxazole rings is 1. The van der Waals surface area contributed by atoms with Gasteiger partial charge in [-0.05, 0) is 107 Å². The summed E-state index contributed by atoms with van der Waals surface area (Å²) in [5.74, 6) is 0.621. The Morgan fingerprint density at radius 1 is 0.387 bits per heavy atom. The van der Waals surface area contributed by atoms with Crippen molar-refractivity contribution in [3.63, 3.8) is 0 Å². The van der Waals surface area contributed by atoms with Gasteiger partial charge in [-0.25, -0.2) is 4.98 Å². The second-order valence-corrected chi connectivity index (χ2v) is 16.0. The molecule has 0 aliphatic rings. The van der Waals surface area contributed by atoms with Gasteiger partial charge in [0.2, 0.25) is 5.89 Å². The Labute approximate surface area is 356 Å². The number of hydrogen-bond acceptors (Lipinski definition) is 3. The molecule has 0 bridgehead atoms. The lowest BCUT2D eigenvalue weighted by molar-refractivity contribution is 0.623. The van der Waals surface area contributed by atoms with E-state index in [1.165, 1.54) is 32.6 Å². The number of hydrogen-bond donors (Lipinski definition) is 0. The van der Waals surface area contributed by atoms with Crippen molar-refractivity contribution in [2.75, 3.05) is 4.90 Å². The predicted octanol–water partition coefficient (Wildman–Crippen LogP) is 15.5. The number of nitrogens with zero attached hydrogens (tertiary/aromatic N) is 4. The second-order valence-electron chi connectivity index (χ2n) is 16.0. The normalized spacial score (nSPS) is 11.9. The molecule has 0 aliphatic heterocycles. The van der Waals surface area contributed by atoms with Gasteiger partial charge in [0.25, 0.3) is 0 Å². The molecule has 0 amide bonds. The van der Waals surface area contributed by atoms with Crippen molar-refractivity contribution >= 4 is 93.3 Å². The van der Waals surface area contributed by atoms with E-state index >= 15 is 0 Å². The molecule has 0 aliphatic carbocycles. The molecule has 5 nitrogen and oxygen atoms in total. The average molecular weight is 793 g/mol. The fraction of sp³-hybridized carbons (Fsp3) is 0. The van der Waals surface area contributed by atoms with Gasteiger partial charge < -0.3 is 18.5 Å². The number of fused-ring (bicyclic) bond motifs is 11. The standard InChI is InChI=1S/C57H36N4O/c1-4-15-39(16-5-1)57-58-48-34-30-38-28-27-37-29-31-42(35-47(37)54(38)56(48)62-57)59(40-17-6-2-7-18-40)43-32-33-45-44-21-10-12-23-49(44)61(53(45)36-43)52-26-14-25-51-55(52)46-22-11-13-24-50(46)60(51)41-19-8-3-9-20-41/h1-36H. The van der Waals surface area contributed by atoms with E-state index in [-0.39, 0.29) is 0 Å². The molecular formula is C57H36N4O. The van der Waals surface area contributed by atoms with Crippen LogP contribution in [0.3, 0.4) is 0 Å². The Kier molecular flexibility index (Phi) is 7.54. The van der Waals surface area contributed by atoms with Gasteiger partial charge in [0.1, 0.15) is 5.52 Å². The molecule has 0 fully saturated rings. The lowest BCUT2D eigenvalue weighted by atomic mass is 10.00. The van der Waals surface area contributed by atoms with Crippen molar-refractivity contribution in [1.29, 1.82) is 0 Å². The van der Waals surface area contributed by atoms with Crippen LogP contribution in [0.5, 0.6) is 0 Å². The van der Waals surface area contributed by atoms with E-state index in [9.17, 15) is 0 Å². The van der Waals surface area contributed by atoms with Gasteiger partial charge in [0.05, 0.1) is 27.8 Å². The van der Waals surface area contributed by atoms with Crippen LogP contribution in [0.2, 0.25) is 0 Å². The summed E-state index contributed by atoms with van der Waals surface area (Å²) in [5, 5.41) is 9.27. The van der Waals surface area contributed by atoms with Gasteiger partial charge in [-0.15, -0.1) is 0 Å². The first-order valence-corrected chi connectivity index (χ1v) is 21.0. The maximum absolute atomic E-state index is 6.63. The van der Waals surface area contributed by atoms with E-state index in [0.717, 1.165) is 77.7 Å². The van der Waals surface area contributed by atoms with E-state index in [4.69, 9.17) is 9.40 Å². The molecule has 0 unspecified atom stereocenters. The van der Waals surface area contributed by atoms with Gasteiger partial charge in [-0.3, -0.25) is 0 Å². The van der Waals surface area contributed by atoms with Crippen LogP contribution < -0.4 is 4.90 Å². The van der Waals surface area contributed by atoms with Crippen molar-refractivity contribution in [1.82, 2.24) is 14.1 Å². The Bertz CT molecular complexity index is 3860. The lowest BCUT2D eigenvalue weighted by Gasteiger charge is -2.26. The fourth-order valence-electron chi connectivity index (χ4n) is 9.78. The van der Waals surface area contributed by atoms with Crippen LogP contribution in [-0.4, -0.2) is 14.1 Å². The summed E-state index contributed by atoms with van der Waals surface area (Å²) < 4.78 is 11.5. The van der Waals surface area contributed by atoms with Crippen LogP contribution in [-0.2, 0) is 0 Å². The van der Waals surface area contributed by atoms with Crippen LogP contribution >= 0.6 is 0 Å². The van der Waals surface area contributed by atoms with Crippen LogP contribution in [0.15, 0.2) is 223 Å². The van der Waals surface area contributed by atoms with Crippen LogP contribution in [0.1, 0.15) is 0 Å². The van der Waals surface area contributed by atoms with Gasteiger partial charge in [0, 0.05) is 55.2 Å². The summed E-state index contributed by atoms with van der Waals surface area (Å²) in [7, 11) is 0. The molecule has 3 aromatic heterocycles. The molecule has 0 spiro atoms. The SMILES string of the molecule is c1ccc(-c2nc3ccc4ccc5ccc(N(c6ccccc6)c6ccc7c8ccccc8n(-c8cccc9c8c8ccccc8n9-c8ccccc8)c7c6)cc5c4c3o2)cc1. The zero-order valence-electron chi connectivity index (χ0n) is 33.5. The first kappa shape index (κ1) is 34.5. The molecule has 3 heterocycles. The molecule has 5 heteroatoms. The monoisotopic (exact) mass is 792 g/mol. The third-order valence-electron chi connectivity index (χ3n) is 12.5. The smallest absolute Gasteiger partial charge is 0.227 e. The highest BCUT2D eigenvalue weighted by Gasteiger charge is 2.22. The molecule has 0 atom stereocenters. The first-order chi connectivity index (χ1) is 30.8.